The summed E-state index contributed by atoms with van der Waals surface area (Å²) in [6.45, 7) is 4.93. The fourth-order valence-corrected chi connectivity index (χ4v) is 2.36. The third kappa shape index (κ3) is 2.85. The number of anilines is 2. The molecule has 5 nitrogen and oxygen atoms in total. The lowest BCUT2D eigenvalue weighted by atomic mass is 10.1. The number of nitrogens with two attached hydrogens (primary N) is 2. The van der Waals surface area contributed by atoms with Gasteiger partial charge >= 0.3 is 0 Å². The first-order chi connectivity index (χ1) is 8.22. The number of aromatic nitrogens is 2. The Hall–Kier alpha value is -1.36. The van der Waals surface area contributed by atoms with Crippen molar-refractivity contribution in [3.63, 3.8) is 0 Å². The second kappa shape index (κ2) is 5.31. The zero-order chi connectivity index (χ0) is 12.3. The van der Waals surface area contributed by atoms with Crippen LogP contribution in [0.3, 0.4) is 0 Å². The molecule has 0 bridgehead atoms. The highest BCUT2D eigenvalue weighted by Gasteiger charge is 2.23. The quantitative estimate of drug-likeness (QED) is 0.806. The molecule has 1 saturated heterocycles. The molecule has 2 heterocycles. The normalized spacial score (nSPS) is 19.9. The van der Waals surface area contributed by atoms with Gasteiger partial charge < -0.3 is 16.4 Å². The Balaban J connectivity index is 2.10. The van der Waals surface area contributed by atoms with E-state index in [1.54, 1.807) is 0 Å². The second-order valence-electron chi connectivity index (χ2n) is 4.61. The minimum absolute atomic E-state index is 0.377. The van der Waals surface area contributed by atoms with E-state index in [1.807, 2.05) is 6.07 Å². The van der Waals surface area contributed by atoms with Gasteiger partial charge in [0.25, 0.3) is 0 Å². The number of hydrogen-bond acceptors (Lipinski definition) is 5. The smallest absolute Gasteiger partial charge is 0.222 e. The number of nitrogens with zero attached hydrogens (tertiary/aromatic N) is 3. The van der Waals surface area contributed by atoms with E-state index in [2.05, 4.69) is 21.8 Å². The van der Waals surface area contributed by atoms with Gasteiger partial charge in [0.1, 0.15) is 5.82 Å². The summed E-state index contributed by atoms with van der Waals surface area (Å²) >= 11 is 0. The molecular formula is C12H21N5. The van der Waals surface area contributed by atoms with E-state index in [0.29, 0.717) is 11.9 Å². The molecule has 1 aromatic heterocycles. The lowest BCUT2D eigenvalue weighted by Crippen LogP contribution is -2.22. The Morgan fingerprint density at radius 3 is 3.00 bits per heavy atom. The van der Waals surface area contributed by atoms with Crippen LogP contribution in [0.4, 0.5) is 11.8 Å². The van der Waals surface area contributed by atoms with E-state index in [4.69, 9.17) is 11.5 Å². The molecule has 4 N–H and O–H groups in total. The van der Waals surface area contributed by atoms with Crippen molar-refractivity contribution >= 4 is 11.8 Å². The molecule has 1 atom stereocenters. The summed E-state index contributed by atoms with van der Waals surface area (Å²) < 4.78 is 0. The summed E-state index contributed by atoms with van der Waals surface area (Å²) in [6.07, 6.45) is 3.18. The number of rotatable bonds is 4. The van der Waals surface area contributed by atoms with E-state index in [1.165, 1.54) is 6.42 Å². The lowest BCUT2D eigenvalue weighted by molar-refractivity contribution is 0.546. The minimum atomic E-state index is 0.377. The summed E-state index contributed by atoms with van der Waals surface area (Å²) in [6, 6.07) is 2.04. The molecule has 0 aliphatic carbocycles. The zero-order valence-corrected chi connectivity index (χ0v) is 10.4. The summed E-state index contributed by atoms with van der Waals surface area (Å²) in [5, 5.41) is 0. The predicted octanol–water partition coefficient (Wildman–Crippen LogP) is 0.796. The SMILES string of the molecule is CCc1cc(N2CC[C@H](CCN)C2)nc(N)n1. The number of hydrogen-bond donors (Lipinski definition) is 2. The zero-order valence-electron chi connectivity index (χ0n) is 10.4. The van der Waals surface area contributed by atoms with Crippen LogP contribution in [0.5, 0.6) is 0 Å². The highest BCUT2D eigenvalue weighted by atomic mass is 15.2. The highest BCUT2D eigenvalue weighted by Crippen LogP contribution is 2.24. The third-order valence-electron chi connectivity index (χ3n) is 3.33. The van der Waals surface area contributed by atoms with Gasteiger partial charge in [0, 0.05) is 24.8 Å². The van der Waals surface area contributed by atoms with Crippen molar-refractivity contribution in [3.8, 4) is 0 Å². The Labute approximate surface area is 102 Å². The topological polar surface area (TPSA) is 81.1 Å². The molecule has 1 aromatic rings. The fourth-order valence-electron chi connectivity index (χ4n) is 2.36. The average molecular weight is 235 g/mol. The van der Waals surface area contributed by atoms with Crippen molar-refractivity contribution in [1.29, 1.82) is 0 Å². The monoisotopic (exact) mass is 235 g/mol. The van der Waals surface area contributed by atoms with Crippen LogP contribution in [0.1, 0.15) is 25.5 Å². The maximum absolute atomic E-state index is 5.73. The van der Waals surface area contributed by atoms with E-state index >= 15 is 0 Å². The van der Waals surface area contributed by atoms with Crippen molar-refractivity contribution in [2.24, 2.45) is 11.7 Å². The van der Waals surface area contributed by atoms with Crippen molar-refractivity contribution in [3.05, 3.63) is 11.8 Å². The largest absolute Gasteiger partial charge is 0.368 e. The van der Waals surface area contributed by atoms with Gasteiger partial charge in [0.15, 0.2) is 0 Å². The summed E-state index contributed by atoms with van der Waals surface area (Å²) in [5.41, 5.74) is 12.3. The molecule has 0 amide bonds. The Morgan fingerprint density at radius 1 is 1.47 bits per heavy atom. The molecule has 2 rings (SSSR count). The van der Waals surface area contributed by atoms with Crippen molar-refractivity contribution in [2.45, 2.75) is 26.2 Å². The van der Waals surface area contributed by atoms with Crippen molar-refractivity contribution in [2.75, 3.05) is 30.3 Å². The molecule has 1 aliphatic heterocycles. The van der Waals surface area contributed by atoms with Gasteiger partial charge in [-0.3, -0.25) is 0 Å². The van der Waals surface area contributed by atoms with Crippen LogP contribution in [0.2, 0.25) is 0 Å². The van der Waals surface area contributed by atoms with Gasteiger partial charge in [0.2, 0.25) is 5.95 Å². The predicted molar refractivity (Wildman–Crippen MR) is 69.8 cm³/mol. The molecule has 0 unspecified atom stereocenters. The lowest BCUT2D eigenvalue weighted by Gasteiger charge is -2.18. The van der Waals surface area contributed by atoms with E-state index < -0.39 is 0 Å². The number of aryl methyl sites for hydroxylation is 1. The van der Waals surface area contributed by atoms with E-state index in [-0.39, 0.29) is 0 Å². The van der Waals surface area contributed by atoms with Crippen LogP contribution in [0, 0.1) is 5.92 Å². The summed E-state index contributed by atoms with van der Waals surface area (Å²) in [5.74, 6) is 2.04. The van der Waals surface area contributed by atoms with Crippen LogP contribution in [0.15, 0.2) is 6.07 Å². The molecule has 0 spiro atoms. The molecule has 0 radical (unpaired) electrons. The summed E-state index contributed by atoms with van der Waals surface area (Å²) in [4.78, 5) is 10.8. The first kappa shape index (κ1) is 12.1. The Bertz CT molecular complexity index is 379. The molecule has 0 saturated carbocycles. The Morgan fingerprint density at radius 2 is 2.29 bits per heavy atom. The molecule has 17 heavy (non-hydrogen) atoms. The molecular weight excluding hydrogens is 214 g/mol. The van der Waals surface area contributed by atoms with Gasteiger partial charge in [0.05, 0.1) is 0 Å². The van der Waals surface area contributed by atoms with Crippen LogP contribution in [0.25, 0.3) is 0 Å². The van der Waals surface area contributed by atoms with Gasteiger partial charge in [-0.05, 0) is 31.7 Å². The van der Waals surface area contributed by atoms with Crippen LogP contribution in [-0.2, 0) is 6.42 Å². The van der Waals surface area contributed by atoms with Gasteiger partial charge in [-0.1, -0.05) is 6.92 Å². The first-order valence-electron chi connectivity index (χ1n) is 6.31. The minimum Gasteiger partial charge on any atom is -0.368 e. The second-order valence-corrected chi connectivity index (χ2v) is 4.61. The van der Waals surface area contributed by atoms with Gasteiger partial charge in [-0.15, -0.1) is 0 Å². The van der Waals surface area contributed by atoms with Crippen LogP contribution in [-0.4, -0.2) is 29.6 Å². The van der Waals surface area contributed by atoms with Gasteiger partial charge in [-0.2, -0.15) is 4.98 Å². The standard InChI is InChI=1S/C12H21N5/c1-2-10-7-11(16-12(14)15-10)17-6-4-9(8-17)3-5-13/h7,9H,2-6,8,13H2,1H3,(H2,14,15,16)/t9-/m0/s1. The Kier molecular flexibility index (Phi) is 3.78. The average Bonchev–Trinajstić information content (AvgIpc) is 2.77. The van der Waals surface area contributed by atoms with Crippen LogP contribution >= 0.6 is 0 Å². The van der Waals surface area contributed by atoms with Crippen molar-refractivity contribution in [1.82, 2.24) is 9.97 Å². The highest BCUT2D eigenvalue weighted by molar-refractivity contribution is 5.44. The van der Waals surface area contributed by atoms with Crippen molar-refractivity contribution < 1.29 is 0 Å². The molecule has 1 aliphatic rings. The number of nitrogen functional groups attached to an aromatic ring is 1. The fraction of sp³-hybridized carbons (Fsp3) is 0.667. The van der Waals surface area contributed by atoms with Gasteiger partial charge in [-0.25, -0.2) is 4.98 Å². The molecule has 0 aromatic carbocycles. The third-order valence-corrected chi connectivity index (χ3v) is 3.33. The maximum atomic E-state index is 5.73. The summed E-state index contributed by atoms with van der Waals surface area (Å²) in [7, 11) is 0. The maximum Gasteiger partial charge on any atom is 0.222 e. The van der Waals surface area contributed by atoms with E-state index in [0.717, 1.165) is 44.0 Å². The first-order valence-corrected chi connectivity index (χ1v) is 6.31. The van der Waals surface area contributed by atoms with E-state index in [9.17, 15) is 0 Å². The molecule has 1 fully saturated rings. The molecule has 5 heteroatoms. The molecule has 94 valence electrons. The van der Waals surface area contributed by atoms with Crippen LogP contribution < -0.4 is 16.4 Å².